The smallest absolute Gasteiger partial charge is 0.252 e. The van der Waals surface area contributed by atoms with E-state index in [4.69, 9.17) is 0 Å². The van der Waals surface area contributed by atoms with Crippen LogP contribution in [0.3, 0.4) is 0 Å². The third kappa shape index (κ3) is 4.92. The number of amides is 2. The molecule has 2 N–H and O–H groups in total. The molecule has 0 radical (unpaired) electrons. The molecule has 4 rings (SSSR count). The quantitative estimate of drug-likeness (QED) is 0.693. The minimum absolute atomic E-state index is 0.0417. The van der Waals surface area contributed by atoms with Crippen molar-refractivity contribution in [2.24, 2.45) is 0 Å². The van der Waals surface area contributed by atoms with Crippen LogP contribution in [0.1, 0.15) is 84.9 Å². The van der Waals surface area contributed by atoms with Gasteiger partial charge in [0.15, 0.2) is 0 Å². The predicted octanol–water partition coefficient (Wildman–Crippen LogP) is 5.48. The SMILES string of the molecule is O=C(NC1CCCCC1)c1ccccc1-c1ccccc1C(=O)NC1CCCCC1. The van der Waals surface area contributed by atoms with Gasteiger partial charge in [0.05, 0.1) is 0 Å². The minimum Gasteiger partial charge on any atom is -0.349 e. The molecule has 0 atom stereocenters. The fraction of sp³-hybridized carbons (Fsp3) is 0.462. The van der Waals surface area contributed by atoms with Crippen LogP contribution in [0.2, 0.25) is 0 Å². The lowest BCUT2D eigenvalue weighted by Gasteiger charge is -2.24. The molecule has 4 nitrogen and oxygen atoms in total. The van der Waals surface area contributed by atoms with Gasteiger partial charge in [-0.2, -0.15) is 0 Å². The van der Waals surface area contributed by atoms with E-state index in [-0.39, 0.29) is 23.9 Å². The predicted molar refractivity (Wildman–Crippen MR) is 121 cm³/mol. The number of rotatable bonds is 5. The van der Waals surface area contributed by atoms with Crippen molar-refractivity contribution >= 4 is 11.8 Å². The molecular formula is C26H32N2O2. The lowest BCUT2D eigenvalue weighted by molar-refractivity contribution is 0.0918. The summed E-state index contributed by atoms with van der Waals surface area (Å²) >= 11 is 0. The lowest BCUT2D eigenvalue weighted by Crippen LogP contribution is -2.37. The zero-order valence-electron chi connectivity index (χ0n) is 17.7. The molecule has 2 aromatic carbocycles. The second kappa shape index (κ2) is 9.92. The first-order valence-corrected chi connectivity index (χ1v) is 11.5. The Hall–Kier alpha value is -2.62. The third-order valence-corrected chi connectivity index (χ3v) is 6.51. The van der Waals surface area contributed by atoms with Gasteiger partial charge in [-0.15, -0.1) is 0 Å². The Morgan fingerprint density at radius 3 is 1.33 bits per heavy atom. The molecule has 2 aliphatic carbocycles. The molecule has 2 aliphatic rings. The summed E-state index contributed by atoms with van der Waals surface area (Å²) in [6.07, 6.45) is 11.4. The molecule has 2 fully saturated rings. The summed E-state index contributed by atoms with van der Waals surface area (Å²) in [6, 6.07) is 15.8. The number of hydrogen-bond acceptors (Lipinski definition) is 2. The Morgan fingerprint density at radius 2 is 0.933 bits per heavy atom. The van der Waals surface area contributed by atoms with Gasteiger partial charge in [0.25, 0.3) is 11.8 Å². The number of carbonyl (C=O) groups excluding carboxylic acids is 2. The van der Waals surface area contributed by atoms with Crippen LogP contribution < -0.4 is 10.6 Å². The number of benzene rings is 2. The number of nitrogens with one attached hydrogen (secondary N) is 2. The fourth-order valence-electron chi connectivity index (χ4n) is 4.85. The normalized spacial score (nSPS) is 18.0. The molecule has 4 heteroatoms. The Bertz CT molecular complexity index is 807. The van der Waals surface area contributed by atoms with Crippen LogP contribution in [0.15, 0.2) is 48.5 Å². The molecule has 0 aliphatic heterocycles. The molecule has 2 amide bonds. The van der Waals surface area contributed by atoms with Crippen LogP contribution >= 0.6 is 0 Å². The third-order valence-electron chi connectivity index (χ3n) is 6.51. The van der Waals surface area contributed by atoms with Gasteiger partial charge in [-0.25, -0.2) is 0 Å². The van der Waals surface area contributed by atoms with E-state index in [0.29, 0.717) is 11.1 Å². The molecule has 0 heterocycles. The molecule has 2 aromatic rings. The van der Waals surface area contributed by atoms with Crippen molar-refractivity contribution < 1.29 is 9.59 Å². The van der Waals surface area contributed by atoms with Crippen molar-refractivity contribution in [3.05, 3.63) is 59.7 Å². The van der Waals surface area contributed by atoms with Gasteiger partial charge in [0.2, 0.25) is 0 Å². The highest BCUT2D eigenvalue weighted by Gasteiger charge is 2.22. The maximum absolute atomic E-state index is 13.1. The summed E-state index contributed by atoms with van der Waals surface area (Å²) in [4.78, 5) is 26.2. The average molecular weight is 405 g/mol. The molecule has 0 bridgehead atoms. The average Bonchev–Trinajstić information content (AvgIpc) is 2.80. The first-order chi connectivity index (χ1) is 14.7. The van der Waals surface area contributed by atoms with E-state index in [1.165, 1.54) is 38.5 Å². The van der Waals surface area contributed by atoms with Crippen molar-refractivity contribution in [3.63, 3.8) is 0 Å². The Labute approximate surface area is 179 Å². The molecule has 0 unspecified atom stereocenters. The Morgan fingerprint density at radius 1 is 0.567 bits per heavy atom. The minimum atomic E-state index is -0.0417. The van der Waals surface area contributed by atoms with Crippen LogP contribution in [0, 0.1) is 0 Å². The largest absolute Gasteiger partial charge is 0.349 e. The van der Waals surface area contributed by atoms with Gasteiger partial charge < -0.3 is 10.6 Å². The van der Waals surface area contributed by atoms with Gasteiger partial charge in [-0.3, -0.25) is 9.59 Å². The van der Waals surface area contributed by atoms with Crippen LogP contribution in [0.5, 0.6) is 0 Å². The highest BCUT2D eigenvalue weighted by Crippen LogP contribution is 2.28. The van der Waals surface area contributed by atoms with Crippen molar-refractivity contribution in [2.45, 2.75) is 76.3 Å². The molecule has 2 saturated carbocycles. The zero-order chi connectivity index (χ0) is 20.8. The second-order valence-corrected chi connectivity index (χ2v) is 8.71. The topological polar surface area (TPSA) is 58.2 Å². The van der Waals surface area contributed by atoms with Crippen molar-refractivity contribution in [1.82, 2.24) is 10.6 Å². The summed E-state index contributed by atoms with van der Waals surface area (Å²) < 4.78 is 0. The maximum atomic E-state index is 13.1. The van der Waals surface area contributed by atoms with E-state index >= 15 is 0 Å². The summed E-state index contributed by atoms with van der Waals surface area (Å²) in [5.41, 5.74) is 2.92. The van der Waals surface area contributed by atoms with Crippen molar-refractivity contribution in [3.8, 4) is 11.1 Å². The van der Waals surface area contributed by atoms with E-state index in [9.17, 15) is 9.59 Å². The van der Waals surface area contributed by atoms with Gasteiger partial charge in [0.1, 0.15) is 0 Å². The van der Waals surface area contributed by atoms with Gasteiger partial charge >= 0.3 is 0 Å². The summed E-state index contributed by atoms with van der Waals surface area (Å²) in [6.45, 7) is 0. The maximum Gasteiger partial charge on any atom is 0.252 e. The molecule has 0 aromatic heterocycles. The molecule has 30 heavy (non-hydrogen) atoms. The molecule has 0 spiro atoms. The number of carbonyl (C=O) groups is 2. The monoisotopic (exact) mass is 404 g/mol. The molecular weight excluding hydrogens is 372 g/mol. The highest BCUT2D eigenvalue weighted by molar-refractivity contribution is 6.06. The van der Waals surface area contributed by atoms with Gasteiger partial charge in [-0.05, 0) is 48.9 Å². The van der Waals surface area contributed by atoms with E-state index in [0.717, 1.165) is 36.8 Å². The first kappa shape index (κ1) is 20.6. The van der Waals surface area contributed by atoms with E-state index in [1.807, 2.05) is 48.5 Å². The lowest BCUT2D eigenvalue weighted by atomic mass is 9.92. The summed E-state index contributed by atoms with van der Waals surface area (Å²) in [7, 11) is 0. The first-order valence-electron chi connectivity index (χ1n) is 11.5. The Kier molecular flexibility index (Phi) is 6.83. The standard InChI is InChI=1S/C26H32N2O2/c29-25(27-19-11-3-1-4-12-19)23-17-9-7-15-21(23)22-16-8-10-18-24(22)26(30)28-20-13-5-2-6-14-20/h7-10,15-20H,1-6,11-14H2,(H,27,29)(H,28,30). The van der Waals surface area contributed by atoms with Crippen LogP contribution in [0.4, 0.5) is 0 Å². The second-order valence-electron chi connectivity index (χ2n) is 8.71. The van der Waals surface area contributed by atoms with Crippen molar-refractivity contribution in [2.75, 3.05) is 0 Å². The Balaban J connectivity index is 1.58. The summed E-state index contributed by atoms with van der Waals surface area (Å²) in [5, 5.41) is 6.44. The molecule has 158 valence electrons. The van der Waals surface area contributed by atoms with Crippen LogP contribution in [-0.2, 0) is 0 Å². The van der Waals surface area contributed by atoms with Crippen molar-refractivity contribution in [1.29, 1.82) is 0 Å². The van der Waals surface area contributed by atoms with Gasteiger partial charge in [-0.1, -0.05) is 74.9 Å². The fourth-order valence-corrected chi connectivity index (χ4v) is 4.85. The van der Waals surface area contributed by atoms with Crippen LogP contribution in [-0.4, -0.2) is 23.9 Å². The molecule has 0 saturated heterocycles. The van der Waals surface area contributed by atoms with E-state index in [1.54, 1.807) is 0 Å². The summed E-state index contributed by atoms with van der Waals surface area (Å²) in [5.74, 6) is -0.0833. The van der Waals surface area contributed by atoms with E-state index in [2.05, 4.69) is 10.6 Å². The van der Waals surface area contributed by atoms with E-state index < -0.39 is 0 Å². The van der Waals surface area contributed by atoms with Crippen LogP contribution in [0.25, 0.3) is 11.1 Å². The van der Waals surface area contributed by atoms with Gasteiger partial charge in [0, 0.05) is 23.2 Å². The number of hydrogen-bond donors (Lipinski definition) is 2. The zero-order valence-corrected chi connectivity index (χ0v) is 17.7. The highest BCUT2D eigenvalue weighted by atomic mass is 16.2.